The molecule has 0 fully saturated rings. The van der Waals surface area contributed by atoms with E-state index in [4.69, 9.17) is 16.9 Å². The standard InChI is InChI=1S/C17H39N7O2/c18-9-7-12-21-10-5-6-11-22-14-16(26)24-15(25)8-3-1-2-4-13-23-17(19)20/h16,21-22,26H,1-14,18H2,(H,24,25)(H4,19,20,23)/t16-/m0/s1. The number of amides is 1. The van der Waals surface area contributed by atoms with E-state index in [1.165, 1.54) is 0 Å². The summed E-state index contributed by atoms with van der Waals surface area (Å²) in [7, 11) is 0. The number of aliphatic hydroxyl groups is 1. The van der Waals surface area contributed by atoms with Crippen LogP contribution in [0.4, 0.5) is 0 Å². The van der Waals surface area contributed by atoms with Crippen molar-refractivity contribution < 1.29 is 9.90 Å². The van der Waals surface area contributed by atoms with Gasteiger partial charge in [-0.25, -0.2) is 0 Å². The number of guanidine groups is 1. The number of aliphatic hydroxyl groups excluding tert-OH is 1. The molecule has 0 aliphatic rings. The first-order valence-corrected chi connectivity index (χ1v) is 9.73. The van der Waals surface area contributed by atoms with Gasteiger partial charge in [0.15, 0.2) is 5.96 Å². The van der Waals surface area contributed by atoms with E-state index < -0.39 is 6.23 Å². The molecule has 0 aromatic carbocycles. The Balaban J connectivity index is 3.36. The van der Waals surface area contributed by atoms with Crippen LogP contribution in [0, 0.1) is 5.41 Å². The number of unbranched alkanes of at least 4 members (excludes halogenated alkanes) is 4. The van der Waals surface area contributed by atoms with Gasteiger partial charge in [-0.1, -0.05) is 12.8 Å². The smallest absolute Gasteiger partial charge is 0.222 e. The molecule has 154 valence electrons. The van der Waals surface area contributed by atoms with Crippen LogP contribution >= 0.6 is 0 Å². The molecule has 10 N–H and O–H groups in total. The van der Waals surface area contributed by atoms with Crippen molar-refractivity contribution >= 4 is 11.9 Å². The zero-order valence-electron chi connectivity index (χ0n) is 16.0. The summed E-state index contributed by atoms with van der Waals surface area (Å²) in [6, 6.07) is 0. The second-order valence-electron chi connectivity index (χ2n) is 6.39. The Labute approximate surface area is 157 Å². The minimum absolute atomic E-state index is 0.00819. The average Bonchev–Trinajstić information content (AvgIpc) is 2.59. The summed E-state index contributed by atoms with van der Waals surface area (Å²) >= 11 is 0. The summed E-state index contributed by atoms with van der Waals surface area (Å²) in [5, 5.41) is 28.6. The fraction of sp³-hybridized carbons (Fsp3) is 0.882. The minimum atomic E-state index is -0.843. The van der Waals surface area contributed by atoms with Crippen molar-refractivity contribution in [1.29, 1.82) is 5.41 Å². The van der Waals surface area contributed by atoms with Crippen molar-refractivity contribution in [2.24, 2.45) is 11.5 Å². The number of hydrogen-bond donors (Lipinski definition) is 8. The molecule has 0 radical (unpaired) electrons. The van der Waals surface area contributed by atoms with Crippen LogP contribution in [0.3, 0.4) is 0 Å². The number of rotatable bonds is 18. The Bertz CT molecular complexity index is 356. The second-order valence-corrected chi connectivity index (χ2v) is 6.39. The molecule has 0 bridgehead atoms. The molecule has 0 saturated heterocycles. The molecule has 26 heavy (non-hydrogen) atoms. The maximum Gasteiger partial charge on any atom is 0.222 e. The number of nitrogens with two attached hydrogens (primary N) is 2. The largest absolute Gasteiger partial charge is 0.372 e. The molecule has 0 saturated carbocycles. The van der Waals surface area contributed by atoms with E-state index in [-0.39, 0.29) is 11.9 Å². The van der Waals surface area contributed by atoms with Gasteiger partial charge in [-0.2, -0.15) is 0 Å². The quantitative estimate of drug-likeness (QED) is 0.0672. The molecule has 0 unspecified atom stereocenters. The first kappa shape index (κ1) is 24.6. The zero-order chi connectivity index (χ0) is 19.5. The Morgan fingerprint density at radius 2 is 1.54 bits per heavy atom. The second kappa shape index (κ2) is 18.4. The highest BCUT2D eigenvalue weighted by atomic mass is 16.3. The van der Waals surface area contributed by atoms with Crippen molar-refractivity contribution in [3.8, 4) is 0 Å². The first-order valence-electron chi connectivity index (χ1n) is 9.73. The maximum absolute atomic E-state index is 11.7. The highest BCUT2D eigenvalue weighted by Crippen LogP contribution is 2.02. The van der Waals surface area contributed by atoms with Gasteiger partial charge < -0.3 is 37.8 Å². The van der Waals surface area contributed by atoms with Crippen LogP contribution in [-0.4, -0.2) is 62.5 Å². The lowest BCUT2D eigenvalue weighted by molar-refractivity contribution is -0.124. The van der Waals surface area contributed by atoms with E-state index in [1.54, 1.807) is 0 Å². The predicted molar refractivity (Wildman–Crippen MR) is 106 cm³/mol. The van der Waals surface area contributed by atoms with Crippen molar-refractivity contribution in [3.63, 3.8) is 0 Å². The zero-order valence-corrected chi connectivity index (χ0v) is 16.0. The third kappa shape index (κ3) is 18.9. The molecule has 0 aliphatic heterocycles. The minimum Gasteiger partial charge on any atom is -0.372 e. The Morgan fingerprint density at radius 3 is 2.23 bits per heavy atom. The summed E-state index contributed by atoms with van der Waals surface area (Å²) in [5.74, 6) is -0.128. The number of carbonyl (C=O) groups excluding carboxylic acids is 1. The Kier molecular flexibility index (Phi) is 17.4. The van der Waals surface area contributed by atoms with E-state index >= 15 is 0 Å². The van der Waals surface area contributed by atoms with Gasteiger partial charge in [-0.3, -0.25) is 10.2 Å². The Hall–Kier alpha value is -1.42. The van der Waals surface area contributed by atoms with E-state index in [2.05, 4.69) is 21.3 Å². The van der Waals surface area contributed by atoms with Crippen LogP contribution < -0.4 is 32.7 Å². The maximum atomic E-state index is 11.7. The van der Waals surface area contributed by atoms with Gasteiger partial charge in [-0.05, 0) is 58.3 Å². The molecule has 1 amide bonds. The lowest BCUT2D eigenvalue weighted by Crippen LogP contribution is -2.42. The van der Waals surface area contributed by atoms with Gasteiger partial charge in [0.25, 0.3) is 0 Å². The summed E-state index contributed by atoms with van der Waals surface area (Å²) in [4.78, 5) is 11.7. The van der Waals surface area contributed by atoms with Crippen LogP contribution in [0.25, 0.3) is 0 Å². The number of carbonyl (C=O) groups is 1. The molecule has 0 heterocycles. The molecule has 1 atom stereocenters. The third-order valence-corrected chi connectivity index (χ3v) is 3.83. The molecule has 0 aromatic heterocycles. The van der Waals surface area contributed by atoms with Crippen LogP contribution in [0.15, 0.2) is 0 Å². The highest BCUT2D eigenvalue weighted by Gasteiger charge is 2.07. The van der Waals surface area contributed by atoms with E-state index in [9.17, 15) is 9.90 Å². The van der Waals surface area contributed by atoms with Gasteiger partial charge in [0.05, 0.1) is 0 Å². The van der Waals surface area contributed by atoms with Crippen LogP contribution in [0.2, 0.25) is 0 Å². The van der Waals surface area contributed by atoms with E-state index in [1.807, 2.05) is 0 Å². The van der Waals surface area contributed by atoms with E-state index in [0.29, 0.717) is 19.5 Å². The molecule has 9 heteroatoms. The fourth-order valence-electron chi connectivity index (χ4n) is 2.39. The number of hydrogen-bond acceptors (Lipinski definition) is 6. The van der Waals surface area contributed by atoms with Gasteiger partial charge in [-0.15, -0.1) is 0 Å². The average molecular weight is 374 g/mol. The molecule has 0 aromatic rings. The van der Waals surface area contributed by atoms with Gasteiger partial charge in [0.1, 0.15) is 6.23 Å². The third-order valence-electron chi connectivity index (χ3n) is 3.83. The van der Waals surface area contributed by atoms with Gasteiger partial charge in [0, 0.05) is 19.5 Å². The molecule has 9 nitrogen and oxygen atoms in total. The van der Waals surface area contributed by atoms with Crippen molar-refractivity contribution in [2.45, 2.75) is 57.6 Å². The van der Waals surface area contributed by atoms with Gasteiger partial charge >= 0.3 is 0 Å². The molecule has 0 aliphatic carbocycles. The van der Waals surface area contributed by atoms with Crippen molar-refractivity contribution in [2.75, 3.05) is 39.3 Å². The van der Waals surface area contributed by atoms with Crippen molar-refractivity contribution in [3.05, 3.63) is 0 Å². The topological polar surface area (TPSA) is 161 Å². The molecular formula is C17H39N7O2. The number of nitrogens with one attached hydrogen (secondary N) is 5. The predicted octanol–water partition coefficient (Wildman–Crippen LogP) is -0.837. The normalized spacial score (nSPS) is 11.9. The van der Waals surface area contributed by atoms with Crippen LogP contribution in [-0.2, 0) is 4.79 Å². The lowest BCUT2D eigenvalue weighted by atomic mass is 10.1. The SMILES string of the molecule is N=C(N)NCCCCCCC(=O)N[C@@H](O)CNCCCCNCCCN. The van der Waals surface area contributed by atoms with Gasteiger partial charge in [0.2, 0.25) is 5.91 Å². The molecular weight excluding hydrogens is 334 g/mol. The summed E-state index contributed by atoms with van der Waals surface area (Å²) in [6.45, 7) is 4.53. The first-order chi connectivity index (χ1) is 12.6. The monoisotopic (exact) mass is 373 g/mol. The van der Waals surface area contributed by atoms with Crippen molar-refractivity contribution in [1.82, 2.24) is 21.3 Å². The highest BCUT2D eigenvalue weighted by molar-refractivity contribution is 5.76. The fourth-order valence-corrected chi connectivity index (χ4v) is 2.39. The summed E-state index contributed by atoms with van der Waals surface area (Å²) in [5.41, 5.74) is 10.6. The lowest BCUT2D eigenvalue weighted by Gasteiger charge is -2.14. The summed E-state index contributed by atoms with van der Waals surface area (Å²) in [6.07, 6.45) is 6.33. The molecule has 0 rings (SSSR count). The Morgan fingerprint density at radius 1 is 0.923 bits per heavy atom. The molecule has 0 spiro atoms. The van der Waals surface area contributed by atoms with E-state index in [0.717, 1.165) is 71.1 Å². The van der Waals surface area contributed by atoms with Crippen LogP contribution in [0.1, 0.15) is 51.4 Å². The van der Waals surface area contributed by atoms with Crippen LogP contribution in [0.5, 0.6) is 0 Å². The summed E-state index contributed by atoms with van der Waals surface area (Å²) < 4.78 is 0.